The van der Waals surface area contributed by atoms with Crippen LogP contribution in [0.15, 0.2) is 65.6 Å². The van der Waals surface area contributed by atoms with Crippen LogP contribution in [-0.4, -0.2) is 55.8 Å². The number of benzene rings is 3. The van der Waals surface area contributed by atoms with Crippen molar-refractivity contribution in [1.29, 1.82) is 0 Å². The highest BCUT2D eigenvalue weighted by Crippen LogP contribution is 2.30. The van der Waals surface area contributed by atoms with E-state index >= 15 is 0 Å². The van der Waals surface area contributed by atoms with E-state index in [1.807, 2.05) is 63.2 Å². The molecule has 3 N–H and O–H groups in total. The minimum absolute atomic E-state index is 0.114. The molecule has 0 aromatic heterocycles. The molecule has 9 heteroatoms. The molecule has 4 rings (SSSR count). The van der Waals surface area contributed by atoms with Gasteiger partial charge in [-0.15, -0.1) is 0 Å². The molecule has 3 aromatic carbocycles. The number of halogens is 1. The molecule has 1 heterocycles. The van der Waals surface area contributed by atoms with E-state index in [4.69, 9.17) is 21.1 Å². The second-order valence-corrected chi connectivity index (χ2v) is 11.4. The van der Waals surface area contributed by atoms with Crippen molar-refractivity contribution in [3.63, 3.8) is 0 Å². The Bertz CT molecular complexity index is 1250. The van der Waals surface area contributed by atoms with E-state index in [0.717, 1.165) is 52.7 Å². The number of carbonyl (C=O) groups excluding carboxylic acids is 1. The van der Waals surface area contributed by atoms with Crippen LogP contribution in [0.3, 0.4) is 0 Å². The first kappa shape index (κ1) is 32.8. The smallest absolute Gasteiger partial charge is 0.251 e. The SMILES string of the molecule is CC.COc1ccc(C(=O)NCC2CCN(Sc3ccc([NH+](C)O)cc3)CC2)cc1OCCc1ccc(C)cc1Cl. The number of ether oxygens (including phenoxy) is 2. The van der Waals surface area contributed by atoms with Crippen molar-refractivity contribution < 1.29 is 24.5 Å². The summed E-state index contributed by atoms with van der Waals surface area (Å²) in [5.41, 5.74) is 3.53. The predicted molar refractivity (Wildman–Crippen MR) is 167 cm³/mol. The minimum atomic E-state index is -0.114. The van der Waals surface area contributed by atoms with Gasteiger partial charge in [-0.25, -0.2) is 9.51 Å². The van der Waals surface area contributed by atoms with Crippen molar-refractivity contribution >= 4 is 35.1 Å². The van der Waals surface area contributed by atoms with Crippen molar-refractivity contribution in [2.45, 2.75) is 44.9 Å². The van der Waals surface area contributed by atoms with Gasteiger partial charge < -0.3 is 14.8 Å². The molecular weight excluding hydrogens is 558 g/mol. The Morgan fingerprint density at radius 3 is 2.41 bits per heavy atom. The molecule has 222 valence electrons. The minimum Gasteiger partial charge on any atom is -0.493 e. The zero-order chi connectivity index (χ0) is 29.8. The number of rotatable bonds is 11. The van der Waals surface area contributed by atoms with Gasteiger partial charge in [0.1, 0.15) is 7.05 Å². The van der Waals surface area contributed by atoms with Gasteiger partial charge in [0.25, 0.3) is 5.91 Å². The Morgan fingerprint density at radius 2 is 1.78 bits per heavy atom. The number of methoxy groups -OCH3 is 1. The second-order valence-electron chi connectivity index (χ2n) is 9.84. The molecule has 41 heavy (non-hydrogen) atoms. The second kappa shape index (κ2) is 16.6. The van der Waals surface area contributed by atoms with Crippen molar-refractivity contribution in [2.24, 2.45) is 5.92 Å². The topological polar surface area (TPSA) is 75.5 Å². The molecule has 1 aliphatic heterocycles. The van der Waals surface area contributed by atoms with Crippen molar-refractivity contribution in [1.82, 2.24) is 9.62 Å². The van der Waals surface area contributed by atoms with E-state index in [1.54, 1.807) is 44.3 Å². The molecule has 3 aromatic rings. The van der Waals surface area contributed by atoms with Crippen molar-refractivity contribution in [2.75, 3.05) is 40.4 Å². The molecule has 1 aliphatic rings. The summed E-state index contributed by atoms with van der Waals surface area (Å²) in [5.74, 6) is 1.45. The first-order valence-corrected chi connectivity index (χ1v) is 15.4. The number of piperidine rings is 1. The van der Waals surface area contributed by atoms with Crippen LogP contribution in [0.5, 0.6) is 11.5 Å². The lowest BCUT2D eigenvalue weighted by molar-refractivity contribution is -1.02. The largest absolute Gasteiger partial charge is 0.493 e. The fourth-order valence-corrected chi connectivity index (χ4v) is 5.79. The fraction of sp³-hybridized carbons (Fsp3) is 0.406. The highest BCUT2D eigenvalue weighted by molar-refractivity contribution is 7.97. The lowest BCUT2D eigenvalue weighted by atomic mass is 9.98. The Labute approximate surface area is 253 Å². The van der Waals surface area contributed by atoms with Crippen LogP contribution < -0.4 is 19.9 Å². The highest BCUT2D eigenvalue weighted by Gasteiger charge is 2.21. The molecule has 1 atom stereocenters. The van der Waals surface area contributed by atoms with Gasteiger partial charge in [-0.2, -0.15) is 5.06 Å². The average Bonchev–Trinajstić information content (AvgIpc) is 2.99. The molecule has 0 bridgehead atoms. The third-order valence-electron chi connectivity index (χ3n) is 6.89. The van der Waals surface area contributed by atoms with Gasteiger partial charge in [-0.3, -0.25) is 4.79 Å². The maximum absolute atomic E-state index is 12.9. The van der Waals surface area contributed by atoms with Crippen LogP contribution in [0.2, 0.25) is 5.02 Å². The number of quaternary nitrogens is 1. The molecule has 0 spiro atoms. The van der Waals surface area contributed by atoms with Crippen molar-refractivity contribution in [3.8, 4) is 11.5 Å². The predicted octanol–water partition coefficient (Wildman–Crippen LogP) is 5.99. The molecule has 1 saturated heterocycles. The zero-order valence-corrected chi connectivity index (χ0v) is 26.3. The van der Waals surface area contributed by atoms with E-state index in [1.165, 1.54) is 0 Å². The number of hydrogen-bond acceptors (Lipinski definition) is 6. The van der Waals surface area contributed by atoms with E-state index in [-0.39, 0.29) is 5.91 Å². The summed E-state index contributed by atoms with van der Waals surface area (Å²) >= 11 is 8.09. The standard InChI is InChI=1S/C30H36ClN3O4S.C2H6/c1-21-4-5-23(27(31)18-21)14-17-38-29-19-24(6-11-28(29)37-3)30(35)32-20-22-12-15-34(16-13-22)39-26-9-7-25(8-10-26)33(2)36;1-2/h4-11,18-19,22,36H,12-17,20H2,1-3H3,(H,32,35);1-2H3/p+1. The summed E-state index contributed by atoms with van der Waals surface area (Å²) in [6.07, 6.45) is 2.70. The number of carbonyl (C=O) groups is 1. The number of aryl methyl sites for hydroxylation is 1. The molecule has 0 radical (unpaired) electrons. The third kappa shape index (κ3) is 9.94. The highest BCUT2D eigenvalue weighted by atomic mass is 35.5. The van der Waals surface area contributed by atoms with Crippen LogP contribution in [0, 0.1) is 12.8 Å². The summed E-state index contributed by atoms with van der Waals surface area (Å²) in [6, 6.07) is 19.2. The van der Waals surface area contributed by atoms with E-state index in [0.29, 0.717) is 47.6 Å². The van der Waals surface area contributed by atoms with E-state index in [9.17, 15) is 10.0 Å². The maximum Gasteiger partial charge on any atom is 0.251 e. The molecule has 7 nitrogen and oxygen atoms in total. The number of amides is 1. The number of hydrogen-bond donors (Lipinski definition) is 3. The van der Waals surface area contributed by atoms with Crippen LogP contribution in [-0.2, 0) is 6.42 Å². The van der Waals surface area contributed by atoms with Crippen LogP contribution in [0.4, 0.5) is 5.69 Å². The fourth-order valence-electron chi connectivity index (χ4n) is 4.51. The normalized spacial score (nSPS) is 14.5. The summed E-state index contributed by atoms with van der Waals surface area (Å²) < 4.78 is 13.8. The van der Waals surface area contributed by atoms with Gasteiger partial charge in [-0.05, 0) is 85.2 Å². The lowest BCUT2D eigenvalue weighted by Crippen LogP contribution is -3.01. The summed E-state index contributed by atoms with van der Waals surface area (Å²) in [7, 11) is 3.28. The van der Waals surface area contributed by atoms with Crippen LogP contribution in [0.1, 0.15) is 48.2 Å². The van der Waals surface area contributed by atoms with Gasteiger partial charge in [0.05, 0.1) is 13.7 Å². The zero-order valence-electron chi connectivity index (χ0n) is 24.7. The summed E-state index contributed by atoms with van der Waals surface area (Å²) in [5, 5.41) is 13.8. The first-order valence-electron chi connectivity index (χ1n) is 14.2. The monoisotopic (exact) mass is 600 g/mol. The molecule has 0 aliphatic carbocycles. The van der Waals surface area contributed by atoms with Crippen LogP contribution in [0.25, 0.3) is 0 Å². The van der Waals surface area contributed by atoms with E-state index < -0.39 is 0 Å². The van der Waals surface area contributed by atoms with Gasteiger partial charge in [0.15, 0.2) is 17.2 Å². The summed E-state index contributed by atoms with van der Waals surface area (Å²) in [6.45, 7) is 9.00. The molecule has 1 fully saturated rings. The summed E-state index contributed by atoms with van der Waals surface area (Å²) in [4.78, 5) is 14.1. The Kier molecular flexibility index (Phi) is 13.3. The number of nitrogens with one attached hydrogen (secondary N) is 2. The quantitative estimate of drug-likeness (QED) is 0.185. The Morgan fingerprint density at radius 1 is 1.07 bits per heavy atom. The molecule has 1 amide bonds. The Hall–Kier alpha value is -2.75. The molecular formula is C32H43ClN3O4S+. The van der Waals surface area contributed by atoms with E-state index in [2.05, 4.69) is 9.62 Å². The maximum atomic E-state index is 12.9. The number of nitrogens with zero attached hydrogens (tertiary/aromatic N) is 1. The Balaban J connectivity index is 0.00000226. The van der Waals surface area contributed by atoms with Gasteiger partial charge in [0.2, 0.25) is 0 Å². The first-order chi connectivity index (χ1) is 19.8. The molecule has 1 unspecified atom stereocenters. The van der Waals surface area contributed by atoms with Gasteiger partial charge in [0, 0.05) is 53.7 Å². The lowest BCUT2D eigenvalue weighted by Gasteiger charge is -2.31. The van der Waals surface area contributed by atoms with Gasteiger partial charge >= 0.3 is 0 Å². The van der Waals surface area contributed by atoms with Gasteiger partial charge in [-0.1, -0.05) is 37.6 Å². The number of hydroxylamine groups is 1. The molecule has 0 saturated carbocycles. The average molecular weight is 601 g/mol. The van der Waals surface area contributed by atoms with Crippen molar-refractivity contribution in [3.05, 3.63) is 82.4 Å². The van der Waals surface area contributed by atoms with Crippen LogP contribution >= 0.6 is 23.5 Å². The third-order valence-corrected chi connectivity index (χ3v) is 8.35.